The van der Waals surface area contributed by atoms with Crippen LogP contribution in [0.4, 0.5) is 0 Å². The maximum absolute atomic E-state index is 5.70. The summed E-state index contributed by atoms with van der Waals surface area (Å²) < 4.78 is 5.70. The molecule has 0 spiro atoms. The van der Waals surface area contributed by atoms with E-state index in [4.69, 9.17) is 4.74 Å². The summed E-state index contributed by atoms with van der Waals surface area (Å²) in [4.78, 5) is 4.46. The molecule has 0 saturated heterocycles. The average molecular weight is 223 g/mol. The Balaban J connectivity index is 1.96. The maximum Gasteiger partial charge on any atom is 0.139 e. The Morgan fingerprint density at radius 3 is 2.24 bits per heavy atom. The van der Waals surface area contributed by atoms with Crippen molar-refractivity contribution in [2.24, 2.45) is 4.99 Å². The minimum absolute atomic E-state index is 0.0291. The lowest BCUT2D eigenvalue weighted by Gasteiger charge is -2.13. The molecule has 0 aromatic heterocycles. The number of nitrogens with zero attached hydrogens (tertiary/aromatic N) is 1. The smallest absolute Gasteiger partial charge is 0.139 e. The number of rotatable bonds is 2. The summed E-state index contributed by atoms with van der Waals surface area (Å²) in [6.45, 7) is 0.448. The van der Waals surface area contributed by atoms with Crippen LogP contribution in [-0.4, -0.2) is 12.4 Å². The lowest BCUT2D eigenvalue weighted by atomic mass is 9.99. The van der Waals surface area contributed by atoms with E-state index in [9.17, 15) is 0 Å². The average Bonchev–Trinajstić information content (AvgIpc) is 2.90. The van der Waals surface area contributed by atoms with Gasteiger partial charge < -0.3 is 4.74 Å². The standard InChI is InChI=1S/C15H13NO/c1-3-7-12(8-4-1)14-15(17-11-16-14)13-9-5-2-6-10-13/h1-10,15H,11H2. The van der Waals surface area contributed by atoms with Gasteiger partial charge in [-0.1, -0.05) is 60.7 Å². The molecule has 2 aromatic carbocycles. The third-order valence-corrected chi connectivity index (χ3v) is 2.90. The second-order valence-electron chi connectivity index (χ2n) is 4.00. The number of benzene rings is 2. The number of aliphatic imine (C=N–C) groups is 1. The van der Waals surface area contributed by atoms with Crippen LogP contribution in [0.2, 0.25) is 0 Å². The quantitative estimate of drug-likeness (QED) is 0.766. The van der Waals surface area contributed by atoms with Gasteiger partial charge in [-0.2, -0.15) is 0 Å². The zero-order valence-corrected chi connectivity index (χ0v) is 9.41. The van der Waals surface area contributed by atoms with Crippen LogP contribution in [0.1, 0.15) is 17.2 Å². The van der Waals surface area contributed by atoms with Crippen molar-refractivity contribution in [2.45, 2.75) is 6.10 Å². The van der Waals surface area contributed by atoms with Crippen LogP contribution in [0.5, 0.6) is 0 Å². The summed E-state index contributed by atoms with van der Waals surface area (Å²) in [5, 5.41) is 0. The molecular weight excluding hydrogens is 210 g/mol. The van der Waals surface area contributed by atoms with Crippen molar-refractivity contribution in [3.8, 4) is 0 Å². The van der Waals surface area contributed by atoms with Gasteiger partial charge in [0.25, 0.3) is 0 Å². The zero-order chi connectivity index (χ0) is 11.5. The number of hydrogen-bond acceptors (Lipinski definition) is 2. The molecule has 0 N–H and O–H groups in total. The second-order valence-corrected chi connectivity index (χ2v) is 4.00. The highest BCUT2D eigenvalue weighted by molar-refractivity contribution is 6.04. The minimum Gasteiger partial charge on any atom is -0.345 e. The molecule has 1 aliphatic rings. The molecule has 1 heterocycles. The summed E-state index contributed by atoms with van der Waals surface area (Å²) in [6.07, 6.45) is -0.0291. The van der Waals surface area contributed by atoms with Crippen molar-refractivity contribution in [2.75, 3.05) is 6.73 Å². The van der Waals surface area contributed by atoms with E-state index < -0.39 is 0 Å². The first-order valence-electron chi connectivity index (χ1n) is 5.71. The normalized spacial score (nSPS) is 19.1. The molecule has 0 fully saturated rings. The van der Waals surface area contributed by atoms with Crippen molar-refractivity contribution in [3.63, 3.8) is 0 Å². The summed E-state index contributed by atoms with van der Waals surface area (Å²) in [7, 11) is 0. The Bertz CT molecular complexity index is 519. The SMILES string of the molecule is c1ccc(C2=NCOC2c2ccccc2)cc1. The van der Waals surface area contributed by atoms with E-state index in [1.807, 2.05) is 36.4 Å². The molecule has 17 heavy (non-hydrogen) atoms. The highest BCUT2D eigenvalue weighted by Crippen LogP contribution is 2.27. The molecule has 0 radical (unpaired) electrons. The van der Waals surface area contributed by atoms with E-state index in [0.717, 1.165) is 16.8 Å². The number of ether oxygens (including phenoxy) is 1. The van der Waals surface area contributed by atoms with Crippen molar-refractivity contribution >= 4 is 5.71 Å². The molecular formula is C15H13NO. The van der Waals surface area contributed by atoms with Crippen LogP contribution < -0.4 is 0 Å². The van der Waals surface area contributed by atoms with Crippen molar-refractivity contribution < 1.29 is 4.74 Å². The van der Waals surface area contributed by atoms with Gasteiger partial charge in [0.1, 0.15) is 12.8 Å². The summed E-state index contributed by atoms with van der Waals surface area (Å²) in [6, 6.07) is 20.4. The highest BCUT2D eigenvalue weighted by Gasteiger charge is 2.24. The lowest BCUT2D eigenvalue weighted by molar-refractivity contribution is 0.127. The largest absolute Gasteiger partial charge is 0.345 e. The Morgan fingerprint density at radius 2 is 1.53 bits per heavy atom. The van der Waals surface area contributed by atoms with Crippen LogP contribution in [0, 0.1) is 0 Å². The fourth-order valence-electron chi connectivity index (χ4n) is 2.08. The van der Waals surface area contributed by atoms with E-state index >= 15 is 0 Å². The first-order valence-corrected chi connectivity index (χ1v) is 5.71. The lowest BCUT2D eigenvalue weighted by Crippen LogP contribution is -2.10. The maximum atomic E-state index is 5.70. The molecule has 1 atom stereocenters. The van der Waals surface area contributed by atoms with E-state index in [-0.39, 0.29) is 6.10 Å². The van der Waals surface area contributed by atoms with Gasteiger partial charge in [0.05, 0.1) is 5.71 Å². The number of hydrogen-bond donors (Lipinski definition) is 0. The Kier molecular flexibility index (Phi) is 2.72. The summed E-state index contributed by atoms with van der Waals surface area (Å²) >= 11 is 0. The molecule has 0 bridgehead atoms. The van der Waals surface area contributed by atoms with Crippen LogP contribution in [0.25, 0.3) is 0 Å². The van der Waals surface area contributed by atoms with Gasteiger partial charge in [0.2, 0.25) is 0 Å². The molecule has 2 aromatic rings. The topological polar surface area (TPSA) is 21.6 Å². The van der Waals surface area contributed by atoms with Gasteiger partial charge in [0.15, 0.2) is 0 Å². The first-order chi connectivity index (χ1) is 8.45. The van der Waals surface area contributed by atoms with Crippen molar-refractivity contribution in [1.29, 1.82) is 0 Å². The predicted molar refractivity (Wildman–Crippen MR) is 68.1 cm³/mol. The third kappa shape index (κ3) is 1.99. The van der Waals surface area contributed by atoms with Crippen LogP contribution >= 0.6 is 0 Å². The Hall–Kier alpha value is -1.93. The van der Waals surface area contributed by atoms with Gasteiger partial charge in [0, 0.05) is 0 Å². The molecule has 84 valence electrons. The monoisotopic (exact) mass is 223 g/mol. The molecule has 0 amide bonds. The van der Waals surface area contributed by atoms with E-state index in [2.05, 4.69) is 29.3 Å². The van der Waals surface area contributed by atoms with Crippen molar-refractivity contribution in [3.05, 3.63) is 71.8 Å². The van der Waals surface area contributed by atoms with Gasteiger partial charge >= 0.3 is 0 Å². The molecule has 2 nitrogen and oxygen atoms in total. The first kappa shape index (κ1) is 10.2. The zero-order valence-electron chi connectivity index (χ0n) is 9.41. The molecule has 2 heteroatoms. The fraction of sp³-hybridized carbons (Fsp3) is 0.133. The van der Waals surface area contributed by atoms with Gasteiger partial charge in [-0.3, -0.25) is 4.99 Å². The molecule has 0 saturated carbocycles. The summed E-state index contributed by atoms with van der Waals surface area (Å²) in [5.74, 6) is 0. The third-order valence-electron chi connectivity index (χ3n) is 2.90. The summed E-state index contributed by atoms with van der Waals surface area (Å²) in [5.41, 5.74) is 3.32. The van der Waals surface area contributed by atoms with Crippen molar-refractivity contribution in [1.82, 2.24) is 0 Å². The van der Waals surface area contributed by atoms with Crippen LogP contribution in [-0.2, 0) is 4.74 Å². The van der Waals surface area contributed by atoms with Gasteiger partial charge in [-0.15, -0.1) is 0 Å². The fourth-order valence-corrected chi connectivity index (χ4v) is 2.08. The highest BCUT2D eigenvalue weighted by atomic mass is 16.5. The van der Waals surface area contributed by atoms with E-state index in [1.54, 1.807) is 0 Å². The molecule has 1 aliphatic heterocycles. The Morgan fingerprint density at radius 1 is 0.882 bits per heavy atom. The van der Waals surface area contributed by atoms with Crippen LogP contribution in [0.15, 0.2) is 65.7 Å². The van der Waals surface area contributed by atoms with E-state index in [1.165, 1.54) is 0 Å². The molecule has 1 unspecified atom stereocenters. The second kappa shape index (κ2) is 4.52. The van der Waals surface area contributed by atoms with E-state index in [0.29, 0.717) is 6.73 Å². The van der Waals surface area contributed by atoms with Gasteiger partial charge in [-0.05, 0) is 11.1 Å². The van der Waals surface area contributed by atoms with Crippen LogP contribution in [0.3, 0.4) is 0 Å². The minimum atomic E-state index is -0.0291. The molecule has 3 rings (SSSR count). The predicted octanol–water partition coefficient (Wildman–Crippen LogP) is 3.20. The Labute approximate surface area is 101 Å². The van der Waals surface area contributed by atoms with Gasteiger partial charge in [-0.25, -0.2) is 0 Å². The molecule has 0 aliphatic carbocycles.